The Bertz CT molecular complexity index is 179. The Morgan fingerprint density at radius 3 is 2.20 bits per heavy atom. The highest BCUT2D eigenvalue weighted by molar-refractivity contribution is 6.51. The van der Waals surface area contributed by atoms with Crippen LogP contribution >= 0.6 is 23.2 Å². The largest absolute Gasteiger partial charge is 0.481 e. The monoisotopic (exact) mass is 182 g/mol. The molecular weight excluding hydrogens is 175 g/mol. The molecule has 0 bridgehead atoms. The number of hydrogen-bond acceptors (Lipinski definition) is 1. The van der Waals surface area contributed by atoms with Gasteiger partial charge in [-0.1, -0.05) is 6.92 Å². The number of halogens is 2. The molecule has 4 heteroatoms. The third-order valence-electron chi connectivity index (χ3n) is 1.91. The molecule has 1 saturated carbocycles. The van der Waals surface area contributed by atoms with E-state index in [4.69, 9.17) is 28.3 Å². The van der Waals surface area contributed by atoms with Crippen LogP contribution in [-0.2, 0) is 4.79 Å². The highest BCUT2D eigenvalue weighted by Crippen LogP contribution is 2.65. The van der Waals surface area contributed by atoms with Gasteiger partial charge in [0.2, 0.25) is 0 Å². The van der Waals surface area contributed by atoms with E-state index < -0.39 is 15.7 Å². The number of alkyl halides is 2. The summed E-state index contributed by atoms with van der Waals surface area (Å²) in [4.78, 5) is 10.2. The van der Waals surface area contributed by atoms with Crippen molar-refractivity contribution in [1.29, 1.82) is 0 Å². The SMILES string of the molecule is C[C@]1(CC(=O)O)CC1(Cl)Cl. The Morgan fingerprint density at radius 2 is 2.10 bits per heavy atom. The van der Waals surface area contributed by atoms with Crippen molar-refractivity contribution in [3.63, 3.8) is 0 Å². The normalized spacial score (nSPS) is 35.5. The van der Waals surface area contributed by atoms with Gasteiger partial charge in [0.1, 0.15) is 4.33 Å². The van der Waals surface area contributed by atoms with E-state index in [1.807, 2.05) is 0 Å². The number of aliphatic carboxylic acids is 1. The maximum atomic E-state index is 10.2. The van der Waals surface area contributed by atoms with Gasteiger partial charge in [0, 0.05) is 5.41 Å². The Morgan fingerprint density at radius 1 is 1.70 bits per heavy atom. The first kappa shape index (κ1) is 8.15. The van der Waals surface area contributed by atoms with Crippen molar-refractivity contribution in [2.45, 2.75) is 24.1 Å². The van der Waals surface area contributed by atoms with E-state index in [0.717, 1.165) is 0 Å². The number of carbonyl (C=O) groups is 1. The van der Waals surface area contributed by atoms with Crippen LogP contribution in [0.5, 0.6) is 0 Å². The van der Waals surface area contributed by atoms with Crippen LogP contribution in [0.4, 0.5) is 0 Å². The highest BCUT2D eigenvalue weighted by Gasteiger charge is 2.63. The molecule has 0 spiro atoms. The van der Waals surface area contributed by atoms with Crippen LogP contribution < -0.4 is 0 Å². The van der Waals surface area contributed by atoms with E-state index >= 15 is 0 Å². The van der Waals surface area contributed by atoms with Crippen molar-refractivity contribution < 1.29 is 9.90 Å². The third-order valence-corrected chi connectivity index (χ3v) is 3.09. The van der Waals surface area contributed by atoms with Crippen LogP contribution in [0.2, 0.25) is 0 Å². The second kappa shape index (κ2) is 2.02. The zero-order valence-electron chi connectivity index (χ0n) is 5.53. The van der Waals surface area contributed by atoms with Crippen molar-refractivity contribution in [2.75, 3.05) is 0 Å². The Hall–Kier alpha value is 0.0500. The minimum Gasteiger partial charge on any atom is -0.481 e. The molecule has 0 radical (unpaired) electrons. The smallest absolute Gasteiger partial charge is 0.304 e. The molecule has 0 amide bonds. The summed E-state index contributed by atoms with van der Waals surface area (Å²) >= 11 is 11.4. The van der Waals surface area contributed by atoms with Gasteiger partial charge in [-0.15, -0.1) is 23.2 Å². The zero-order chi connectivity index (χ0) is 7.99. The third kappa shape index (κ3) is 1.23. The van der Waals surface area contributed by atoms with Crippen LogP contribution in [0.3, 0.4) is 0 Å². The summed E-state index contributed by atoms with van der Waals surface area (Å²) in [7, 11) is 0. The molecule has 2 nitrogen and oxygen atoms in total. The van der Waals surface area contributed by atoms with E-state index in [1.165, 1.54) is 0 Å². The molecular formula is C6H8Cl2O2. The van der Waals surface area contributed by atoms with Gasteiger partial charge in [-0.2, -0.15) is 0 Å². The first-order valence-electron chi connectivity index (χ1n) is 2.97. The lowest BCUT2D eigenvalue weighted by atomic mass is 10.1. The number of carboxylic acids is 1. The average molecular weight is 183 g/mol. The van der Waals surface area contributed by atoms with Crippen molar-refractivity contribution >= 4 is 29.2 Å². The summed E-state index contributed by atoms with van der Waals surface area (Å²) in [5, 5.41) is 8.40. The molecule has 0 aromatic heterocycles. The van der Waals surface area contributed by atoms with E-state index in [1.54, 1.807) is 6.92 Å². The van der Waals surface area contributed by atoms with Crippen LogP contribution in [0.25, 0.3) is 0 Å². The second-order valence-corrected chi connectivity index (χ2v) is 4.50. The predicted molar refractivity (Wildman–Crippen MR) is 39.4 cm³/mol. The fraction of sp³-hybridized carbons (Fsp3) is 0.833. The fourth-order valence-corrected chi connectivity index (χ4v) is 1.69. The minimum absolute atomic E-state index is 0.0556. The molecule has 1 N–H and O–H groups in total. The van der Waals surface area contributed by atoms with E-state index in [-0.39, 0.29) is 6.42 Å². The molecule has 1 aliphatic carbocycles. The summed E-state index contributed by atoms with van der Waals surface area (Å²) < 4.78 is -0.800. The first-order valence-corrected chi connectivity index (χ1v) is 3.73. The molecule has 0 unspecified atom stereocenters. The standard InChI is InChI=1S/C6H8Cl2O2/c1-5(2-4(9)10)3-6(5,7)8/h2-3H2,1H3,(H,9,10)/t5-/m0/s1. The van der Waals surface area contributed by atoms with Gasteiger partial charge in [-0.3, -0.25) is 4.79 Å². The summed E-state index contributed by atoms with van der Waals surface area (Å²) in [6.45, 7) is 1.78. The Balaban J connectivity index is 2.52. The summed E-state index contributed by atoms with van der Waals surface area (Å²) in [6, 6.07) is 0. The highest BCUT2D eigenvalue weighted by atomic mass is 35.5. The van der Waals surface area contributed by atoms with Crippen molar-refractivity contribution in [2.24, 2.45) is 5.41 Å². The van der Waals surface area contributed by atoms with Gasteiger partial charge >= 0.3 is 5.97 Å². The molecule has 0 heterocycles. The van der Waals surface area contributed by atoms with Crippen molar-refractivity contribution in [3.8, 4) is 0 Å². The van der Waals surface area contributed by atoms with E-state index in [0.29, 0.717) is 6.42 Å². The predicted octanol–water partition coefficient (Wildman–Crippen LogP) is 2.04. The molecule has 0 aliphatic heterocycles. The Labute approximate surface area is 69.1 Å². The van der Waals surface area contributed by atoms with Crippen LogP contribution in [0.15, 0.2) is 0 Å². The molecule has 0 aromatic carbocycles. The maximum absolute atomic E-state index is 10.2. The minimum atomic E-state index is -0.842. The van der Waals surface area contributed by atoms with Gasteiger partial charge < -0.3 is 5.11 Å². The van der Waals surface area contributed by atoms with Crippen LogP contribution in [0.1, 0.15) is 19.8 Å². The number of hydrogen-bond donors (Lipinski definition) is 1. The Kier molecular flexibility index (Phi) is 1.64. The molecule has 1 aliphatic rings. The second-order valence-electron chi connectivity index (χ2n) is 3.01. The van der Waals surface area contributed by atoms with Crippen molar-refractivity contribution in [1.82, 2.24) is 0 Å². The molecule has 10 heavy (non-hydrogen) atoms. The fourth-order valence-electron chi connectivity index (χ4n) is 0.971. The maximum Gasteiger partial charge on any atom is 0.304 e. The molecule has 58 valence electrons. The quantitative estimate of drug-likeness (QED) is 0.665. The topological polar surface area (TPSA) is 37.3 Å². The van der Waals surface area contributed by atoms with Crippen molar-refractivity contribution in [3.05, 3.63) is 0 Å². The van der Waals surface area contributed by atoms with E-state index in [9.17, 15) is 4.79 Å². The summed E-state index contributed by atoms with van der Waals surface area (Å²) in [5.74, 6) is -0.842. The lowest BCUT2D eigenvalue weighted by Gasteiger charge is -2.06. The van der Waals surface area contributed by atoms with Gasteiger partial charge in [-0.25, -0.2) is 0 Å². The molecule has 1 fully saturated rings. The van der Waals surface area contributed by atoms with Crippen LogP contribution in [0, 0.1) is 5.41 Å². The van der Waals surface area contributed by atoms with Crippen LogP contribution in [-0.4, -0.2) is 15.4 Å². The zero-order valence-corrected chi connectivity index (χ0v) is 7.04. The molecule has 1 atom stereocenters. The summed E-state index contributed by atoms with van der Waals surface area (Å²) in [6.07, 6.45) is 0.634. The average Bonchev–Trinajstić information content (AvgIpc) is 2.01. The van der Waals surface area contributed by atoms with Gasteiger partial charge in [0.25, 0.3) is 0 Å². The summed E-state index contributed by atoms with van der Waals surface area (Å²) in [5.41, 5.74) is -0.401. The lowest BCUT2D eigenvalue weighted by molar-refractivity contribution is -0.138. The number of carboxylic acid groups (broad SMARTS) is 1. The number of rotatable bonds is 2. The molecule has 0 aromatic rings. The molecule has 1 rings (SSSR count). The van der Waals surface area contributed by atoms with Gasteiger partial charge in [-0.05, 0) is 6.42 Å². The first-order chi connectivity index (χ1) is 4.37. The van der Waals surface area contributed by atoms with Gasteiger partial charge in [0.05, 0.1) is 6.42 Å². The lowest BCUT2D eigenvalue weighted by Crippen LogP contribution is -2.10. The molecule has 0 saturated heterocycles. The van der Waals surface area contributed by atoms with Gasteiger partial charge in [0.15, 0.2) is 0 Å². The van der Waals surface area contributed by atoms with E-state index in [2.05, 4.69) is 0 Å².